The number of pyridine rings is 2. The van der Waals surface area contributed by atoms with Crippen LogP contribution in [0.4, 0.5) is 5.82 Å². The summed E-state index contributed by atoms with van der Waals surface area (Å²) in [5.74, 6) is 0.496. The van der Waals surface area contributed by atoms with Crippen LogP contribution in [0.15, 0.2) is 73.3 Å². The van der Waals surface area contributed by atoms with Crippen molar-refractivity contribution in [3.8, 4) is 17.0 Å². The molecule has 4 rings (SSSR count). The maximum Gasteiger partial charge on any atom is 0.256 e. The van der Waals surface area contributed by atoms with Crippen molar-refractivity contribution < 1.29 is 9.53 Å². The summed E-state index contributed by atoms with van der Waals surface area (Å²) in [4.78, 5) is 21.0. The Morgan fingerprint density at radius 3 is 2.88 bits per heavy atom. The van der Waals surface area contributed by atoms with Crippen molar-refractivity contribution in [3.05, 3.63) is 89.5 Å². The maximum atomic E-state index is 12.5. The van der Waals surface area contributed by atoms with Crippen LogP contribution in [-0.2, 0) is 6.54 Å². The largest absolute Gasteiger partial charge is 0.492 e. The summed E-state index contributed by atoms with van der Waals surface area (Å²) in [7, 11) is 0. The number of carbonyl (C=O) groups is 1. The van der Waals surface area contributed by atoms with E-state index in [1.54, 1.807) is 53.7 Å². The minimum absolute atomic E-state index is 0.166. The summed E-state index contributed by atoms with van der Waals surface area (Å²) < 4.78 is 7.21. The summed E-state index contributed by atoms with van der Waals surface area (Å²) in [6.45, 7) is 1.06. The van der Waals surface area contributed by atoms with E-state index >= 15 is 0 Å². The van der Waals surface area contributed by atoms with E-state index < -0.39 is 0 Å². The van der Waals surface area contributed by atoms with Gasteiger partial charge in [-0.15, -0.1) is 0 Å². The molecule has 3 heterocycles. The van der Waals surface area contributed by atoms with E-state index in [2.05, 4.69) is 20.4 Å². The number of hydrogen-bond acceptors (Lipinski definition) is 6. The van der Waals surface area contributed by atoms with E-state index in [-0.39, 0.29) is 11.7 Å². The number of nitrogen functional groups attached to an aromatic ring is 1. The minimum atomic E-state index is -0.311. The number of nitrogens with two attached hydrogens (primary N) is 1. The fraction of sp³-hybridized carbons (Fsp3) is 0.130. The van der Waals surface area contributed by atoms with Gasteiger partial charge in [0, 0.05) is 35.4 Å². The van der Waals surface area contributed by atoms with E-state index in [4.69, 9.17) is 22.1 Å². The van der Waals surface area contributed by atoms with Gasteiger partial charge >= 0.3 is 0 Å². The van der Waals surface area contributed by atoms with Crippen LogP contribution in [0, 0.1) is 0 Å². The van der Waals surface area contributed by atoms with Gasteiger partial charge in [-0.05, 0) is 48.0 Å². The van der Waals surface area contributed by atoms with E-state index in [9.17, 15) is 4.79 Å². The number of nitrogens with one attached hydrogen (secondary N) is 1. The normalized spacial score (nSPS) is 10.7. The zero-order valence-corrected chi connectivity index (χ0v) is 17.9. The van der Waals surface area contributed by atoms with Gasteiger partial charge in [-0.2, -0.15) is 5.10 Å². The molecule has 0 aliphatic rings. The third kappa shape index (κ3) is 5.41. The molecule has 0 spiro atoms. The first-order valence-corrected chi connectivity index (χ1v) is 10.3. The maximum absolute atomic E-state index is 12.5. The molecule has 0 fully saturated rings. The lowest BCUT2D eigenvalue weighted by Gasteiger charge is -2.07. The Balaban J connectivity index is 1.35. The summed E-state index contributed by atoms with van der Waals surface area (Å²) >= 11 is 5.93. The van der Waals surface area contributed by atoms with E-state index in [0.29, 0.717) is 36.0 Å². The molecule has 3 aromatic heterocycles. The van der Waals surface area contributed by atoms with Gasteiger partial charge < -0.3 is 15.8 Å². The Morgan fingerprint density at radius 2 is 2.06 bits per heavy atom. The molecule has 0 bridgehead atoms. The fourth-order valence-electron chi connectivity index (χ4n) is 3.11. The highest BCUT2D eigenvalue weighted by Gasteiger charge is 2.14. The van der Waals surface area contributed by atoms with Gasteiger partial charge in [0.2, 0.25) is 0 Å². The van der Waals surface area contributed by atoms with Crippen LogP contribution in [-0.4, -0.2) is 38.8 Å². The molecule has 0 atom stereocenters. The second-order valence-electron chi connectivity index (χ2n) is 6.98. The van der Waals surface area contributed by atoms with Crippen molar-refractivity contribution in [2.45, 2.75) is 6.54 Å². The number of benzene rings is 1. The standard InChI is InChI=1S/C23H21ClN6O2/c24-18-4-1-5-19(12-18)32-10-9-28-23(31)20-15-30(29-22(20)25)14-16-6-8-27-21(11-16)17-3-2-7-26-13-17/h1-8,11-13,15H,9-10,14H2,(H2,25,29)(H,28,31). The Kier molecular flexibility index (Phi) is 6.62. The third-order valence-corrected chi connectivity index (χ3v) is 4.85. The van der Waals surface area contributed by atoms with Crippen molar-refractivity contribution in [2.24, 2.45) is 0 Å². The lowest BCUT2D eigenvalue weighted by molar-refractivity contribution is 0.0947. The highest BCUT2D eigenvalue weighted by Crippen LogP contribution is 2.18. The molecular weight excluding hydrogens is 428 g/mol. The zero-order chi connectivity index (χ0) is 22.3. The summed E-state index contributed by atoms with van der Waals surface area (Å²) in [6, 6.07) is 14.7. The summed E-state index contributed by atoms with van der Waals surface area (Å²) in [6.07, 6.45) is 6.84. The predicted molar refractivity (Wildman–Crippen MR) is 122 cm³/mol. The molecule has 3 N–H and O–H groups in total. The van der Waals surface area contributed by atoms with E-state index in [0.717, 1.165) is 16.8 Å². The molecule has 0 saturated carbocycles. The van der Waals surface area contributed by atoms with E-state index in [1.807, 2.05) is 24.3 Å². The highest BCUT2D eigenvalue weighted by atomic mass is 35.5. The van der Waals surface area contributed by atoms with Gasteiger partial charge in [-0.1, -0.05) is 17.7 Å². The molecule has 4 aromatic rings. The summed E-state index contributed by atoms with van der Waals surface area (Å²) in [5, 5.41) is 7.65. The summed E-state index contributed by atoms with van der Waals surface area (Å²) in [5.41, 5.74) is 9.00. The van der Waals surface area contributed by atoms with Crippen molar-refractivity contribution in [1.29, 1.82) is 0 Å². The van der Waals surface area contributed by atoms with Crippen LogP contribution in [0.2, 0.25) is 5.02 Å². The SMILES string of the molecule is Nc1nn(Cc2ccnc(-c3cccnc3)c2)cc1C(=O)NCCOc1cccc(Cl)c1. The lowest BCUT2D eigenvalue weighted by atomic mass is 10.1. The van der Waals surface area contributed by atoms with Crippen LogP contribution >= 0.6 is 11.6 Å². The molecule has 0 aliphatic heterocycles. The highest BCUT2D eigenvalue weighted by molar-refractivity contribution is 6.30. The third-order valence-electron chi connectivity index (χ3n) is 4.61. The minimum Gasteiger partial charge on any atom is -0.492 e. The number of rotatable bonds is 8. The van der Waals surface area contributed by atoms with Crippen molar-refractivity contribution in [3.63, 3.8) is 0 Å². The molecular formula is C23H21ClN6O2. The second-order valence-corrected chi connectivity index (χ2v) is 7.41. The van der Waals surface area contributed by atoms with Crippen molar-refractivity contribution >= 4 is 23.3 Å². The van der Waals surface area contributed by atoms with Gasteiger partial charge in [0.05, 0.1) is 18.8 Å². The Labute approximate surface area is 190 Å². The first kappa shape index (κ1) is 21.3. The zero-order valence-electron chi connectivity index (χ0n) is 17.1. The number of anilines is 1. The predicted octanol–water partition coefficient (Wildman–Crippen LogP) is 3.43. The Hall–Kier alpha value is -3.91. The number of hydrogen-bond donors (Lipinski definition) is 2. The number of halogens is 1. The molecule has 0 saturated heterocycles. The molecule has 0 unspecified atom stereocenters. The van der Waals surface area contributed by atoms with Gasteiger partial charge in [0.25, 0.3) is 5.91 Å². The first-order valence-electron chi connectivity index (χ1n) is 9.93. The van der Waals surface area contributed by atoms with E-state index in [1.165, 1.54) is 0 Å². The number of aromatic nitrogens is 4. The topological polar surface area (TPSA) is 108 Å². The number of ether oxygens (including phenoxy) is 1. The molecule has 1 aromatic carbocycles. The number of nitrogens with zero attached hydrogens (tertiary/aromatic N) is 4. The Bertz CT molecular complexity index is 1210. The number of carbonyl (C=O) groups excluding carboxylic acids is 1. The van der Waals surface area contributed by atoms with Crippen LogP contribution in [0.3, 0.4) is 0 Å². The van der Waals surface area contributed by atoms with Gasteiger partial charge in [-0.3, -0.25) is 19.4 Å². The molecule has 162 valence electrons. The van der Waals surface area contributed by atoms with Crippen LogP contribution < -0.4 is 15.8 Å². The average molecular weight is 449 g/mol. The van der Waals surface area contributed by atoms with Crippen LogP contribution in [0.25, 0.3) is 11.3 Å². The van der Waals surface area contributed by atoms with Gasteiger partial charge in [-0.25, -0.2) is 0 Å². The second kappa shape index (κ2) is 9.93. The fourth-order valence-corrected chi connectivity index (χ4v) is 3.29. The quantitative estimate of drug-likeness (QED) is 0.400. The van der Waals surface area contributed by atoms with Crippen molar-refractivity contribution in [2.75, 3.05) is 18.9 Å². The molecule has 1 amide bonds. The van der Waals surface area contributed by atoms with Crippen LogP contribution in [0.1, 0.15) is 15.9 Å². The molecule has 0 radical (unpaired) electrons. The molecule has 8 nitrogen and oxygen atoms in total. The first-order chi connectivity index (χ1) is 15.6. The molecule has 32 heavy (non-hydrogen) atoms. The van der Waals surface area contributed by atoms with Crippen LogP contribution in [0.5, 0.6) is 5.75 Å². The molecule has 0 aliphatic carbocycles. The average Bonchev–Trinajstić information content (AvgIpc) is 3.17. The van der Waals surface area contributed by atoms with Gasteiger partial charge in [0.15, 0.2) is 5.82 Å². The van der Waals surface area contributed by atoms with Gasteiger partial charge in [0.1, 0.15) is 17.9 Å². The Morgan fingerprint density at radius 1 is 1.16 bits per heavy atom. The number of amides is 1. The molecule has 9 heteroatoms. The van der Waals surface area contributed by atoms with Crippen molar-refractivity contribution in [1.82, 2.24) is 25.1 Å². The lowest BCUT2D eigenvalue weighted by Crippen LogP contribution is -2.28. The smallest absolute Gasteiger partial charge is 0.256 e. The monoisotopic (exact) mass is 448 g/mol.